The number of aromatic amines is 1. The maximum atomic E-state index is 14.5. The largest absolute Gasteiger partial charge is 0.444 e. The van der Waals surface area contributed by atoms with Crippen LogP contribution in [0.2, 0.25) is 0 Å². The molecule has 272 valence electrons. The molecule has 2 amide bonds. The van der Waals surface area contributed by atoms with Crippen molar-refractivity contribution in [2.75, 3.05) is 26.3 Å². The lowest BCUT2D eigenvalue weighted by Gasteiger charge is -2.40. The summed E-state index contributed by atoms with van der Waals surface area (Å²) in [4.78, 5) is 43.2. The summed E-state index contributed by atoms with van der Waals surface area (Å²) in [5, 5.41) is 10.4. The van der Waals surface area contributed by atoms with Crippen LogP contribution < -0.4 is 0 Å². The van der Waals surface area contributed by atoms with E-state index in [-0.39, 0.29) is 41.2 Å². The summed E-state index contributed by atoms with van der Waals surface area (Å²) in [6, 6.07) is 9.84. The molecule has 1 saturated heterocycles. The molecular weight excluding hydrogens is 671 g/mol. The smallest absolute Gasteiger partial charge is 0.410 e. The Balaban J connectivity index is 1.60. The predicted molar refractivity (Wildman–Crippen MR) is 192 cm³/mol. The summed E-state index contributed by atoms with van der Waals surface area (Å²) >= 11 is 0. The summed E-state index contributed by atoms with van der Waals surface area (Å²) in [5.74, 6) is -0.330. The standard InChI is InChI=1S/C38H47N5O7S/c1-22(2)28-19-39-33-32(28)40-31(34(41-33)51(47,48)26-11-9-10-23(3)16-26)25-17-24-12-13-42(35(44)38(7,8)46)20-29(24)27(18-25)30-21-49-15-14-43(30)36(45)50-37(4,5)6/h9-11,16-19,22,30,46H,12-15,20-21H2,1-8H3,(H,39,41)/t30-/m0/s1. The van der Waals surface area contributed by atoms with E-state index in [9.17, 15) is 23.1 Å². The van der Waals surface area contributed by atoms with Crippen LogP contribution in [0.15, 0.2) is 52.5 Å². The van der Waals surface area contributed by atoms with Crippen LogP contribution in [0.25, 0.3) is 22.4 Å². The van der Waals surface area contributed by atoms with E-state index in [4.69, 9.17) is 19.4 Å². The number of aryl methyl sites for hydroxylation is 1. The number of ether oxygens (including phenoxy) is 2. The molecule has 0 spiro atoms. The van der Waals surface area contributed by atoms with Gasteiger partial charge < -0.3 is 24.5 Å². The third kappa shape index (κ3) is 7.24. The molecule has 4 aromatic rings. The van der Waals surface area contributed by atoms with Gasteiger partial charge in [-0.05, 0) is 100 Å². The van der Waals surface area contributed by atoms with Gasteiger partial charge in [0, 0.05) is 37.0 Å². The molecule has 4 heterocycles. The number of carbonyl (C=O) groups is 2. The number of aromatic nitrogens is 3. The minimum atomic E-state index is -4.17. The van der Waals surface area contributed by atoms with Crippen molar-refractivity contribution >= 4 is 33.0 Å². The molecule has 12 nitrogen and oxygen atoms in total. The number of H-pyrrole nitrogens is 1. The SMILES string of the molecule is Cc1cccc(S(=O)(=O)c2nc3[nH]cc(C(C)C)c3nc2-c2cc3c(c([C@@H]4COCCN4C(=O)OC(C)(C)C)c2)CN(C(=O)C(C)(C)O)CC3)c1. The van der Waals surface area contributed by atoms with Crippen LogP contribution in [0.4, 0.5) is 4.79 Å². The molecule has 2 N–H and O–H groups in total. The molecule has 1 fully saturated rings. The van der Waals surface area contributed by atoms with Gasteiger partial charge in [0.05, 0.1) is 24.2 Å². The molecule has 0 bridgehead atoms. The first-order valence-electron chi connectivity index (χ1n) is 17.3. The van der Waals surface area contributed by atoms with Crippen LogP contribution in [0.1, 0.15) is 88.2 Å². The number of hydrogen-bond donors (Lipinski definition) is 2. The Bertz CT molecular complexity index is 2110. The fraction of sp³-hybridized carbons (Fsp3) is 0.474. The van der Waals surface area contributed by atoms with Crippen LogP contribution in [-0.2, 0) is 37.1 Å². The molecule has 0 unspecified atom stereocenters. The Morgan fingerprint density at radius 1 is 1.08 bits per heavy atom. The van der Waals surface area contributed by atoms with Crippen LogP contribution in [0, 0.1) is 6.92 Å². The molecule has 1 atom stereocenters. The fourth-order valence-electron chi connectivity index (χ4n) is 6.74. The Morgan fingerprint density at radius 2 is 1.82 bits per heavy atom. The highest BCUT2D eigenvalue weighted by Gasteiger charge is 2.38. The Morgan fingerprint density at radius 3 is 2.49 bits per heavy atom. The zero-order chi connectivity index (χ0) is 37.0. The van der Waals surface area contributed by atoms with Crippen molar-refractivity contribution in [3.8, 4) is 11.3 Å². The molecule has 2 aromatic carbocycles. The van der Waals surface area contributed by atoms with Gasteiger partial charge in [-0.3, -0.25) is 9.69 Å². The highest BCUT2D eigenvalue weighted by atomic mass is 32.2. The number of sulfone groups is 1. The van der Waals surface area contributed by atoms with Gasteiger partial charge in [0.25, 0.3) is 5.91 Å². The minimum absolute atomic E-state index is 0.0836. The maximum absolute atomic E-state index is 14.5. The lowest BCUT2D eigenvalue weighted by molar-refractivity contribution is -0.148. The van der Waals surface area contributed by atoms with Crippen LogP contribution in [-0.4, -0.2) is 87.8 Å². The second-order valence-electron chi connectivity index (χ2n) is 15.3. The van der Waals surface area contributed by atoms with Crippen LogP contribution in [0.5, 0.6) is 0 Å². The molecule has 2 aliphatic rings. The number of aliphatic hydroxyl groups is 1. The van der Waals surface area contributed by atoms with Crippen LogP contribution >= 0.6 is 0 Å². The normalized spacial score (nSPS) is 17.2. The Labute approximate surface area is 299 Å². The zero-order valence-electron chi connectivity index (χ0n) is 30.5. The first kappa shape index (κ1) is 36.5. The highest BCUT2D eigenvalue weighted by molar-refractivity contribution is 7.91. The molecule has 0 aliphatic carbocycles. The number of benzene rings is 2. The number of fused-ring (bicyclic) bond motifs is 2. The quantitative estimate of drug-likeness (QED) is 0.250. The fourth-order valence-corrected chi connectivity index (χ4v) is 8.19. The van der Waals surface area contributed by atoms with Gasteiger partial charge in [0.15, 0.2) is 10.7 Å². The van der Waals surface area contributed by atoms with E-state index in [1.165, 1.54) is 13.8 Å². The molecule has 51 heavy (non-hydrogen) atoms. The Hall–Kier alpha value is -4.33. The molecule has 2 aromatic heterocycles. The number of amides is 2. The van der Waals surface area contributed by atoms with Crippen molar-refractivity contribution in [3.05, 3.63) is 70.4 Å². The summed E-state index contributed by atoms with van der Waals surface area (Å²) < 4.78 is 40.7. The summed E-state index contributed by atoms with van der Waals surface area (Å²) in [6.07, 6.45) is 1.73. The van der Waals surface area contributed by atoms with Crippen LogP contribution in [0.3, 0.4) is 0 Å². The first-order chi connectivity index (χ1) is 23.8. The molecule has 13 heteroatoms. The van der Waals surface area contributed by atoms with Crippen molar-refractivity contribution in [3.63, 3.8) is 0 Å². The lowest BCUT2D eigenvalue weighted by Crippen LogP contribution is -2.48. The maximum Gasteiger partial charge on any atom is 0.410 e. The van der Waals surface area contributed by atoms with E-state index in [0.29, 0.717) is 41.9 Å². The van der Waals surface area contributed by atoms with Crippen molar-refractivity contribution in [1.82, 2.24) is 24.8 Å². The van der Waals surface area contributed by atoms with Crippen molar-refractivity contribution < 1.29 is 32.6 Å². The number of rotatable bonds is 6. The van der Waals surface area contributed by atoms with E-state index in [0.717, 1.165) is 22.3 Å². The van der Waals surface area contributed by atoms with Gasteiger partial charge in [-0.1, -0.05) is 26.0 Å². The number of nitrogens with zero attached hydrogens (tertiary/aromatic N) is 4. The van der Waals surface area contributed by atoms with Crippen molar-refractivity contribution in [1.29, 1.82) is 0 Å². The monoisotopic (exact) mass is 717 g/mol. The summed E-state index contributed by atoms with van der Waals surface area (Å²) in [6.45, 7) is 15.5. The first-order valence-corrected chi connectivity index (χ1v) is 18.8. The average molecular weight is 718 g/mol. The number of hydrogen-bond acceptors (Lipinski definition) is 9. The van der Waals surface area contributed by atoms with E-state index in [1.54, 1.807) is 48.8 Å². The molecule has 6 rings (SSSR count). The summed E-state index contributed by atoms with van der Waals surface area (Å²) in [5.41, 5.74) is 3.34. The third-order valence-corrected chi connectivity index (χ3v) is 10.9. The number of nitrogens with one attached hydrogen (secondary N) is 1. The van der Waals surface area contributed by atoms with Gasteiger partial charge in [0.1, 0.15) is 22.4 Å². The zero-order valence-corrected chi connectivity index (χ0v) is 31.3. The van der Waals surface area contributed by atoms with Gasteiger partial charge in [-0.15, -0.1) is 0 Å². The minimum Gasteiger partial charge on any atom is -0.444 e. The number of carbonyl (C=O) groups excluding carboxylic acids is 2. The van der Waals surface area contributed by atoms with E-state index >= 15 is 0 Å². The second kappa shape index (κ2) is 13.3. The summed E-state index contributed by atoms with van der Waals surface area (Å²) in [7, 11) is -4.17. The van der Waals surface area contributed by atoms with E-state index in [2.05, 4.69) is 4.98 Å². The van der Waals surface area contributed by atoms with Gasteiger partial charge >= 0.3 is 6.09 Å². The lowest BCUT2D eigenvalue weighted by atomic mass is 9.87. The van der Waals surface area contributed by atoms with Gasteiger partial charge in [-0.2, -0.15) is 0 Å². The number of morpholine rings is 1. The molecule has 0 saturated carbocycles. The second-order valence-corrected chi connectivity index (χ2v) is 17.2. The van der Waals surface area contributed by atoms with Crippen molar-refractivity contribution in [2.24, 2.45) is 0 Å². The van der Waals surface area contributed by atoms with Gasteiger partial charge in [-0.25, -0.2) is 23.2 Å². The molecule has 2 aliphatic heterocycles. The molecular formula is C38H47N5O7S. The Kier molecular flexibility index (Phi) is 9.53. The van der Waals surface area contributed by atoms with E-state index in [1.807, 2.05) is 45.2 Å². The third-order valence-electron chi connectivity index (χ3n) is 9.25. The van der Waals surface area contributed by atoms with Gasteiger partial charge in [0.2, 0.25) is 9.84 Å². The average Bonchev–Trinajstić information content (AvgIpc) is 3.49. The highest BCUT2D eigenvalue weighted by Crippen LogP contribution is 2.40. The predicted octanol–water partition coefficient (Wildman–Crippen LogP) is 5.85. The topological polar surface area (TPSA) is 155 Å². The molecule has 0 radical (unpaired) electrons. The van der Waals surface area contributed by atoms with E-state index < -0.39 is 39.1 Å². The van der Waals surface area contributed by atoms with Crippen molar-refractivity contribution in [2.45, 2.75) is 101 Å².